The first-order valence-corrected chi connectivity index (χ1v) is 8.65. The van der Waals surface area contributed by atoms with E-state index in [-0.39, 0.29) is 11.9 Å². The summed E-state index contributed by atoms with van der Waals surface area (Å²) in [7, 11) is 1.51. The highest BCUT2D eigenvalue weighted by Crippen LogP contribution is 2.30. The maximum absolute atomic E-state index is 11.9. The summed E-state index contributed by atoms with van der Waals surface area (Å²) in [4.78, 5) is 27.4. The first kappa shape index (κ1) is 17.0. The van der Waals surface area contributed by atoms with E-state index in [1.807, 2.05) is 17.0 Å². The molecule has 1 aliphatic heterocycles. The van der Waals surface area contributed by atoms with Crippen LogP contribution >= 0.6 is 27.5 Å². The molecule has 0 saturated carbocycles. The summed E-state index contributed by atoms with van der Waals surface area (Å²) in [5.41, 5.74) is -0.987. The molecule has 3 rings (SSSR count). The van der Waals surface area contributed by atoms with Gasteiger partial charge in [0.15, 0.2) is 0 Å². The van der Waals surface area contributed by atoms with Crippen molar-refractivity contribution >= 4 is 33.3 Å². The minimum Gasteiger partial charge on any atom is -0.489 e. The van der Waals surface area contributed by atoms with Gasteiger partial charge in [-0.05, 0) is 18.2 Å². The van der Waals surface area contributed by atoms with Crippen LogP contribution in [0.15, 0.2) is 32.3 Å². The quantitative estimate of drug-likeness (QED) is 0.828. The predicted molar refractivity (Wildman–Crippen MR) is 95.1 cm³/mol. The molecule has 128 valence electrons. The summed E-state index contributed by atoms with van der Waals surface area (Å²) in [6.07, 6.45) is 1.47. The summed E-state index contributed by atoms with van der Waals surface area (Å²) in [6, 6.07) is 5.48. The number of hydrogen-bond donors (Lipinski definition) is 1. The molecule has 0 spiro atoms. The topological polar surface area (TPSA) is 80.2 Å². The number of aryl methyl sites for hydroxylation is 1. The zero-order chi connectivity index (χ0) is 17.3. The van der Waals surface area contributed by atoms with Gasteiger partial charge >= 0.3 is 5.69 Å². The molecule has 24 heavy (non-hydrogen) atoms. The van der Waals surface area contributed by atoms with Crippen LogP contribution in [0.1, 0.15) is 12.8 Å². The molecule has 1 aromatic carbocycles. The van der Waals surface area contributed by atoms with Crippen molar-refractivity contribution in [2.24, 2.45) is 7.05 Å². The molecule has 1 fully saturated rings. The molecule has 0 atom stereocenters. The Kier molecular flexibility index (Phi) is 4.96. The third kappa shape index (κ3) is 3.64. The Morgan fingerprint density at radius 3 is 2.75 bits per heavy atom. The molecule has 1 aliphatic rings. The predicted octanol–water partition coefficient (Wildman–Crippen LogP) is 1.93. The molecule has 1 saturated heterocycles. The number of aromatic amines is 1. The maximum Gasteiger partial charge on any atom is 0.344 e. The third-order valence-corrected chi connectivity index (χ3v) is 4.70. The lowest BCUT2D eigenvalue weighted by atomic mass is 10.1. The van der Waals surface area contributed by atoms with Crippen molar-refractivity contribution in [3.63, 3.8) is 0 Å². The van der Waals surface area contributed by atoms with Gasteiger partial charge in [-0.3, -0.25) is 9.78 Å². The van der Waals surface area contributed by atoms with E-state index in [9.17, 15) is 9.59 Å². The summed E-state index contributed by atoms with van der Waals surface area (Å²) in [5.74, 6) is 0.901. The smallest absolute Gasteiger partial charge is 0.344 e. The van der Waals surface area contributed by atoms with E-state index in [0.717, 1.165) is 22.0 Å². The fourth-order valence-electron chi connectivity index (χ4n) is 2.61. The number of benzene rings is 1. The van der Waals surface area contributed by atoms with Gasteiger partial charge in [0.2, 0.25) is 5.82 Å². The fraction of sp³-hybridized carbons (Fsp3) is 0.400. The monoisotopic (exact) mass is 414 g/mol. The van der Waals surface area contributed by atoms with E-state index in [1.54, 1.807) is 6.07 Å². The van der Waals surface area contributed by atoms with Gasteiger partial charge in [0.05, 0.1) is 5.02 Å². The number of piperidine rings is 1. The highest BCUT2D eigenvalue weighted by atomic mass is 79.9. The lowest BCUT2D eigenvalue weighted by Gasteiger charge is -2.32. The number of aromatic nitrogens is 3. The molecule has 0 aliphatic carbocycles. The molecule has 9 heteroatoms. The number of halogens is 2. The van der Waals surface area contributed by atoms with E-state index >= 15 is 0 Å². The molecule has 2 aromatic rings. The van der Waals surface area contributed by atoms with Gasteiger partial charge in [0, 0.05) is 37.5 Å². The summed E-state index contributed by atoms with van der Waals surface area (Å²) in [6.45, 7) is 1.23. The second-order valence-electron chi connectivity index (χ2n) is 5.59. The van der Waals surface area contributed by atoms with Crippen LogP contribution in [0.3, 0.4) is 0 Å². The zero-order valence-corrected chi connectivity index (χ0v) is 15.3. The number of nitrogens with one attached hydrogen (secondary N) is 1. The van der Waals surface area contributed by atoms with Gasteiger partial charge in [-0.15, -0.1) is 5.10 Å². The van der Waals surface area contributed by atoms with Crippen molar-refractivity contribution in [1.29, 1.82) is 0 Å². The average molecular weight is 416 g/mol. The van der Waals surface area contributed by atoms with Crippen LogP contribution in [0.2, 0.25) is 5.02 Å². The summed E-state index contributed by atoms with van der Waals surface area (Å²) < 4.78 is 8.00. The van der Waals surface area contributed by atoms with Crippen molar-refractivity contribution in [2.45, 2.75) is 18.9 Å². The van der Waals surface area contributed by atoms with Crippen molar-refractivity contribution < 1.29 is 4.74 Å². The largest absolute Gasteiger partial charge is 0.489 e. The zero-order valence-electron chi connectivity index (χ0n) is 13.0. The molecular formula is C15H16BrClN4O3. The minimum atomic E-state index is -0.522. The number of nitrogens with zero attached hydrogens (tertiary/aromatic N) is 3. The van der Waals surface area contributed by atoms with Gasteiger partial charge < -0.3 is 9.64 Å². The van der Waals surface area contributed by atoms with Crippen LogP contribution in [0.25, 0.3) is 0 Å². The van der Waals surface area contributed by atoms with Gasteiger partial charge in [-0.1, -0.05) is 27.5 Å². The number of H-pyrrole nitrogens is 1. The fourth-order valence-corrected chi connectivity index (χ4v) is 3.11. The van der Waals surface area contributed by atoms with Crippen molar-refractivity contribution in [3.05, 3.63) is 48.5 Å². The lowest BCUT2D eigenvalue weighted by molar-refractivity contribution is 0.170. The van der Waals surface area contributed by atoms with E-state index in [0.29, 0.717) is 23.9 Å². The van der Waals surface area contributed by atoms with E-state index in [1.165, 1.54) is 7.05 Å². The van der Waals surface area contributed by atoms with Crippen LogP contribution in [-0.4, -0.2) is 34.0 Å². The van der Waals surface area contributed by atoms with Gasteiger partial charge in [0.1, 0.15) is 11.9 Å². The number of anilines is 1. The molecule has 0 radical (unpaired) electrons. The SMILES string of the molecule is Cn1nc(N2CCC(Oc3cc(Br)ccc3Cl)CC2)c(=O)[nH]c1=O. The Labute approximate surface area is 151 Å². The highest BCUT2D eigenvalue weighted by molar-refractivity contribution is 9.10. The summed E-state index contributed by atoms with van der Waals surface area (Å²) >= 11 is 9.55. The average Bonchev–Trinajstić information content (AvgIpc) is 2.55. The lowest BCUT2D eigenvalue weighted by Crippen LogP contribution is -2.43. The van der Waals surface area contributed by atoms with Gasteiger partial charge in [-0.25, -0.2) is 9.48 Å². The van der Waals surface area contributed by atoms with Crippen molar-refractivity contribution in [3.8, 4) is 5.75 Å². The standard InChI is InChI=1S/C15H16BrClN4O3/c1-20-15(23)18-14(22)13(19-20)21-6-4-10(5-7-21)24-12-8-9(16)2-3-11(12)17/h2-3,8,10H,4-7H2,1H3,(H,18,22,23). The summed E-state index contributed by atoms with van der Waals surface area (Å²) in [5, 5.41) is 4.62. The minimum absolute atomic E-state index is 0.0136. The molecule has 1 N–H and O–H groups in total. The second kappa shape index (κ2) is 6.98. The Bertz CT molecular complexity index is 859. The van der Waals surface area contributed by atoms with Crippen molar-refractivity contribution in [1.82, 2.24) is 14.8 Å². The Balaban J connectivity index is 1.68. The van der Waals surface area contributed by atoms with Gasteiger partial charge in [-0.2, -0.15) is 0 Å². The van der Waals surface area contributed by atoms with Crippen LogP contribution in [0, 0.1) is 0 Å². The molecular weight excluding hydrogens is 400 g/mol. The molecule has 2 heterocycles. The van der Waals surface area contributed by atoms with Crippen molar-refractivity contribution in [2.75, 3.05) is 18.0 Å². The molecule has 0 unspecified atom stereocenters. The van der Waals surface area contributed by atoms with Crippen LogP contribution in [0.5, 0.6) is 5.75 Å². The Morgan fingerprint density at radius 2 is 2.04 bits per heavy atom. The van der Waals surface area contributed by atoms with E-state index < -0.39 is 11.2 Å². The first-order chi connectivity index (χ1) is 11.4. The molecule has 0 amide bonds. The second-order valence-corrected chi connectivity index (χ2v) is 6.91. The maximum atomic E-state index is 11.9. The Morgan fingerprint density at radius 1 is 1.33 bits per heavy atom. The number of ether oxygens (including phenoxy) is 1. The van der Waals surface area contributed by atoms with Crippen LogP contribution < -0.4 is 20.9 Å². The number of hydrogen-bond acceptors (Lipinski definition) is 5. The molecule has 1 aromatic heterocycles. The van der Waals surface area contributed by atoms with Gasteiger partial charge in [0.25, 0.3) is 5.56 Å². The third-order valence-electron chi connectivity index (χ3n) is 3.89. The Hall–Kier alpha value is -1.80. The highest BCUT2D eigenvalue weighted by Gasteiger charge is 2.24. The molecule has 0 bridgehead atoms. The first-order valence-electron chi connectivity index (χ1n) is 7.48. The van der Waals surface area contributed by atoms with E-state index in [4.69, 9.17) is 16.3 Å². The van der Waals surface area contributed by atoms with Crippen LogP contribution in [0.4, 0.5) is 5.82 Å². The normalized spacial score (nSPS) is 15.5. The molecule has 7 nitrogen and oxygen atoms in total. The number of rotatable bonds is 3. The van der Waals surface area contributed by atoms with Crippen LogP contribution in [-0.2, 0) is 7.05 Å². The van der Waals surface area contributed by atoms with E-state index in [2.05, 4.69) is 26.0 Å².